The number of ether oxygens (including phenoxy) is 1. The smallest absolute Gasteiger partial charge is 0.287 e. The molecule has 8 heteroatoms. The highest BCUT2D eigenvalue weighted by Gasteiger charge is 2.13. The van der Waals surface area contributed by atoms with Gasteiger partial charge in [0.05, 0.1) is 4.90 Å². The number of amides is 1. The minimum absolute atomic E-state index is 0.0160. The van der Waals surface area contributed by atoms with Crippen LogP contribution in [0.15, 0.2) is 64.0 Å². The van der Waals surface area contributed by atoms with Crippen molar-refractivity contribution in [2.24, 2.45) is 5.73 Å². The van der Waals surface area contributed by atoms with Gasteiger partial charge in [0, 0.05) is 23.4 Å². The van der Waals surface area contributed by atoms with Crippen LogP contribution < -0.4 is 10.5 Å². The van der Waals surface area contributed by atoms with Gasteiger partial charge in [-0.25, -0.2) is 8.42 Å². The summed E-state index contributed by atoms with van der Waals surface area (Å²) in [5.41, 5.74) is 6.92. The first-order valence-electron chi connectivity index (χ1n) is 7.62. The SMILES string of the molecule is CS(=O)(=O)c1ccccc1COc1ccc(-c2cc(C(N)=O)on2)cc1. The second-order valence-electron chi connectivity index (χ2n) is 5.63. The Morgan fingerprint density at radius 3 is 2.46 bits per heavy atom. The molecule has 0 aliphatic carbocycles. The van der Waals surface area contributed by atoms with Gasteiger partial charge in [-0.05, 0) is 30.3 Å². The Morgan fingerprint density at radius 1 is 1.15 bits per heavy atom. The molecular formula is C18H16N2O5S. The van der Waals surface area contributed by atoms with Crippen LogP contribution in [0.1, 0.15) is 16.1 Å². The van der Waals surface area contributed by atoms with Crippen molar-refractivity contribution < 1.29 is 22.5 Å². The first kappa shape index (κ1) is 17.7. The molecular weight excluding hydrogens is 356 g/mol. The van der Waals surface area contributed by atoms with Crippen LogP contribution in [0.3, 0.4) is 0 Å². The predicted octanol–water partition coefficient (Wildman–Crippen LogP) is 2.42. The fourth-order valence-electron chi connectivity index (χ4n) is 2.40. The zero-order valence-corrected chi connectivity index (χ0v) is 14.7. The quantitative estimate of drug-likeness (QED) is 0.711. The number of carbonyl (C=O) groups excluding carboxylic acids is 1. The standard InChI is InChI=1S/C18H16N2O5S/c1-26(22,23)17-5-3-2-4-13(17)11-24-14-8-6-12(7-9-14)15-10-16(18(19)21)25-20-15/h2-10H,11H2,1H3,(H2,19,21). The van der Waals surface area contributed by atoms with E-state index < -0.39 is 15.7 Å². The van der Waals surface area contributed by atoms with Gasteiger partial charge < -0.3 is 15.0 Å². The molecule has 1 amide bonds. The fourth-order valence-corrected chi connectivity index (χ4v) is 3.32. The fraction of sp³-hybridized carbons (Fsp3) is 0.111. The van der Waals surface area contributed by atoms with Crippen molar-refractivity contribution in [1.82, 2.24) is 5.16 Å². The molecule has 2 aromatic carbocycles. The first-order chi connectivity index (χ1) is 12.3. The molecule has 26 heavy (non-hydrogen) atoms. The van der Waals surface area contributed by atoms with Crippen molar-refractivity contribution in [3.8, 4) is 17.0 Å². The van der Waals surface area contributed by atoms with Crippen molar-refractivity contribution in [2.45, 2.75) is 11.5 Å². The summed E-state index contributed by atoms with van der Waals surface area (Å²) >= 11 is 0. The molecule has 0 fully saturated rings. The van der Waals surface area contributed by atoms with Crippen LogP contribution in [-0.4, -0.2) is 25.7 Å². The van der Waals surface area contributed by atoms with Crippen LogP contribution in [0.2, 0.25) is 0 Å². The van der Waals surface area contributed by atoms with Gasteiger partial charge in [0.2, 0.25) is 5.76 Å². The van der Waals surface area contributed by atoms with Crippen molar-refractivity contribution in [3.05, 3.63) is 65.9 Å². The average Bonchev–Trinajstić information content (AvgIpc) is 3.10. The third-order valence-electron chi connectivity index (χ3n) is 3.67. The Hall–Kier alpha value is -3.13. The predicted molar refractivity (Wildman–Crippen MR) is 94.3 cm³/mol. The molecule has 2 N–H and O–H groups in total. The van der Waals surface area contributed by atoms with E-state index in [-0.39, 0.29) is 17.3 Å². The molecule has 1 heterocycles. The summed E-state index contributed by atoms with van der Waals surface area (Å²) in [6.07, 6.45) is 1.17. The van der Waals surface area contributed by atoms with Crippen LogP contribution >= 0.6 is 0 Å². The number of aromatic nitrogens is 1. The lowest BCUT2D eigenvalue weighted by atomic mass is 10.1. The van der Waals surface area contributed by atoms with E-state index in [0.29, 0.717) is 17.0 Å². The van der Waals surface area contributed by atoms with Gasteiger partial charge in [0.15, 0.2) is 9.84 Å². The Bertz CT molecular complexity index is 1040. The summed E-state index contributed by atoms with van der Waals surface area (Å²) in [4.78, 5) is 11.3. The Kier molecular flexibility index (Phi) is 4.77. The maximum Gasteiger partial charge on any atom is 0.287 e. The van der Waals surface area contributed by atoms with Crippen molar-refractivity contribution in [1.29, 1.82) is 0 Å². The van der Waals surface area contributed by atoms with E-state index >= 15 is 0 Å². The summed E-state index contributed by atoms with van der Waals surface area (Å²) in [7, 11) is -3.32. The number of carbonyl (C=O) groups is 1. The monoisotopic (exact) mass is 372 g/mol. The summed E-state index contributed by atoms with van der Waals surface area (Å²) in [6.45, 7) is 0.123. The van der Waals surface area contributed by atoms with Crippen molar-refractivity contribution in [2.75, 3.05) is 6.26 Å². The average molecular weight is 372 g/mol. The Morgan fingerprint density at radius 2 is 1.85 bits per heavy atom. The summed E-state index contributed by atoms with van der Waals surface area (Å²) < 4.78 is 34.2. The van der Waals surface area contributed by atoms with Gasteiger partial charge in [0.1, 0.15) is 18.1 Å². The summed E-state index contributed by atoms with van der Waals surface area (Å²) in [5, 5.41) is 3.79. The van der Waals surface area contributed by atoms with E-state index in [1.54, 1.807) is 48.5 Å². The minimum Gasteiger partial charge on any atom is -0.489 e. The van der Waals surface area contributed by atoms with Gasteiger partial charge in [-0.1, -0.05) is 23.4 Å². The number of rotatable bonds is 6. The van der Waals surface area contributed by atoms with Crippen molar-refractivity contribution >= 4 is 15.7 Å². The summed E-state index contributed by atoms with van der Waals surface area (Å²) in [5.74, 6) is -0.137. The lowest BCUT2D eigenvalue weighted by Gasteiger charge is -2.10. The van der Waals surface area contributed by atoms with Gasteiger partial charge in [-0.15, -0.1) is 0 Å². The molecule has 3 aromatic rings. The van der Waals surface area contributed by atoms with Gasteiger partial charge in [0.25, 0.3) is 5.91 Å². The van der Waals surface area contributed by atoms with Crippen LogP contribution in [0, 0.1) is 0 Å². The number of primary amides is 1. The highest BCUT2D eigenvalue weighted by atomic mass is 32.2. The number of hydrogen-bond donors (Lipinski definition) is 1. The number of hydrogen-bond acceptors (Lipinski definition) is 6. The minimum atomic E-state index is -3.32. The Labute approximate surface area is 150 Å². The van der Waals surface area contributed by atoms with E-state index in [0.717, 1.165) is 5.56 Å². The number of nitrogens with two attached hydrogens (primary N) is 1. The Balaban J connectivity index is 1.73. The maximum atomic E-state index is 11.8. The lowest BCUT2D eigenvalue weighted by Crippen LogP contribution is -2.09. The molecule has 134 valence electrons. The highest BCUT2D eigenvalue weighted by Crippen LogP contribution is 2.23. The van der Waals surface area contributed by atoms with Crippen LogP contribution in [0.5, 0.6) is 5.75 Å². The number of sulfone groups is 1. The number of nitrogens with zero attached hydrogens (tertiary/aromatic N) is 1. The normalized spacial score (nSPS) is 11.3. The molecule has 1 aromatic heterocycles. The molecule has 0 aliphatic rings. The molecule has 0 bridgehead atoms. The van der Waals surface area contributed by atoms with E-state index in [4.69, 9.17) is 15.0 Å². The third-order valence-corrected chi connectivity index (χ3v) is 4.87. The van der Waals surface area contributed by atoms with Crippen molar-refractivity contribution in [3.63, 3.8) is 0 Å². The van der Waals surface area contributed by atoms with Crippen LogP contribution in [0.4, 0.5) is 0 Å². The molecule has 0 saturated heterocycles. The van der Waals surface area contributed by atoms with Crippen LogP contribution in [0.25, 0.3) is 11.3 Å². The second kappa shape index (κ2) is 7.01. The van der Waals surface area contributed by atoms with E-state index in [1.807, 2.05) is 0 Å². The lowest BCUT2D eigenvalue weighted by molar-refractivity contribution is 0.0965. The molecule has 0 radical (unpaired) electrons. The molecule has 0 atom stereocenters. The third kappa shape index (κ3) is 3.92. The molecule has 0 unspecified atom stereocenters. The van der Waals surface area contributed by atoms with Gasteiger partial charge in [-0.3, -0.25) is 4.79 Å². The zero-order valence-electron chi connectivity index (χ0n) is 13.9. The number of benzene rings is 2. The van der Waals surface area contributed by atoms with Gasteiger partial charge >= 0.3 is 0 Å². The molecule has 3 rings (SSSR count). The van der Waals surface area contributed by atoms with E-state index in [1.165, 1.54) is 12.3 Å². The molecule has 0 saturated carbocycles. The zero-order chi connectivity index (χ0) is 18.7. The molecule has 0 spiro atoms. The van der Waals surface area contributed by atoms with E-state index in [9.17, 15) is 13.2 Å². The first-order valence-corrected chi connectivity index (χ1v) is 9.51. The summed E-state index contributed by atoms with van der Waals surface area (Å²) in [6, 6.07) is 15.1. The van der Waals surface area contributed by atoms with Crippen LogP contribution in [-0.2, 0) is 16.4 Å². The largest absolute Gasteiger partial charge is 0.489 e. The topological polar surface area (TPSA) is 112 Å². The van der Waals surface area contributed by atoms with E-state index in [2.05, 4.69) is 5.16 Å². The maximum absolute atomic E-state index is 11.8. The highest BCUT2D eigenvalue weighted by molar-refractivity contribution is 7.90. The second-order valence-corrected chi connectivity index (χ2v) is 7.62. The molecule has 7 nitrogen and oxygen atoms in total. The molecule has 0 aliphatic heterocycles. The van der Waals surface area contributed by atoms with Gasteiger partial charge in [-0.2, -0.15) is 0 Å².